The molecule has 6 heterocycles. The van der Waals surface area contributed by atoms with Gasteiger partial charge in [0.2, 0.25) is 5.95 Å². The van der Waals surface area contributed by atoms with E-state index in [1.54, 1.807) is 36.3 Å². The van der Waals surface area contributed by atoms with E-state index >= 15 is 0 Å². The first-order valence-corrected chi connectivity index (χ1v) is 17.3. The molecule has 2 aliphatic rings. The Balaban J connectivity index is 0.830. The molecule has 0 aliphatic carbocycles. The molecule has 7 aromatic rings. The summed E-state index contributed by atoms with van der Waals surface area (Å²) in [5.41, 5.74) is 7.58. The predicted molar refractivity (Wildman–Crippen MR) is 199 cm³/mol. The molecule has 0 atom stereocenters. The number of fused-ring (bicyclic) bond motifs is 1. The molecule has 3 N–H and O–H groups in total. The van der Waals surface area contributed by atoms with E-state index in [0.717, 1.165) is 66.3 Å². The first-order chi connectivity index (χ1) is 25.4. The molecular formula is C39H35FN10O2. The molecule has 13 heteroatoms. The second-order valence-electron chi connectivity index (χ2n) is 13.3. The van der Waals surface area contributed by atoms with Crippen molar-refractivity contribution in [3.8, 4) is 17.1 Å². The van der Waals surface area contributed by atoms with Gasteiger partial charge in [-0.2, -0.15) is 9.67 Å². The number of carbonyl (C=O) groups is 1. The summed E-state index contributed by atoms with van der Waals surface area (Å²) in [6.07, 6.45) is 3.88. The Morgan fingerprint density at radius 2 is 1.73 bits per heavy atom. The zero-order valence-corrected chi connectivity index (χ0v) is 28.4. The van der Waals surface area contributed by atoms with Crippen molar-refractivity contribution in [2.75, 3.05) is 42.9 Å². The average molecular weight is 695 g/mol. The van der Waals surface area contributed by atoms with Gasteiger partial charge in [0.15, 0.2) is 11.5 Å². The Kier molecular flexibility index (Phi) is 7.76. The molecule has 1 fully saturated rings. The molecule has 0 unspecified atom stereocenters. The monoisotopic (exact) mass is 694 g/mol. The van der Waals surface area contributed by atoms with Gasteiger partial charge in [-0.25, -0.2) is 14.4 Å². The summed E-state index contributed by atoms with van der Waals surface area (Å²) in [4.78, 5) is 47.2. The largest absolute Gasteiger partial charge is 0.369 e. The van der Waals surface area contributed by atoms with E-state index in [9.17, 15) is 14.0 Å². The molecule has 52 heavy (non-hydrogen) atoms. The molecule has 0 saturated carbocycles. The number of hydrogen-bond acceptors (Lipinski definition) is 8. The van der Waals surface area contributed by atoms with Crippen LogP contribution in [0.15, 0.2) is 96.1 Å². The Morgan fingerprint density at radius 3 is 2.50 bits per heavy atom. The lowest BCUT2D eigenvalue weighted by molar-refractivity contribution is 0.0956. The summed E-state index contributed by atoms with van der Waals surface area (Å²) in [7, 11) is 1.78. The number of piperazine rings is 1. The highest BCUT2D eigenvalue weighted by Gasteiger charge is 2.24. The average Bonchev–Trinajstić information content (AvgIpc) is 3.58. The van der Waals surface area contributed by atoms with Crippen LogP contribution in [0.3, 0.4) is 0 Å². The van der Waals surface area contributed by atoms with E-state index in [1.807, 2.05) is 18.2 Å². The number of nitrogens with one attached hydrogen (secondary N) is 3. The second kappa shape index (κ2) is 12.8. The van der Waals surface area contributed by atoms with Crippen LogP contribution in [0.2, 0.25) is 0 Å². The van der Waals surface area contributed by atoms with Crippen LogP contribution in [-0.2, 0) is 20.0 Å². The van der Waals surface area contributed by atoms with Crippen LogP contribution in [0, 0.1) is 5.82 Å². The number of aromatic amines is 1. The van der Waals surface area contributed by atoms with Gasteiger partial charge >= 0.3 is 0 Å². The van der Waals surface area contributed by atoms with Gasteiger partial charge in [0.1, 0.15) is 11.2 Å². The van der Waals surface area contributed by atoms with Crippen molar-refractivity contribution < 1.29 is 9.18 Å². The molecule has 12 nitrogen and oxygen atoms in total. The molecule has 4 aromatic heterocycles. The second-order valence-corrected chi connectivity index (χ2v) is 13.3. The summed E-state index contributed by atoms with van der Waals surface area (Å²) in [6, 6.07) is 25.0. The van der Waals surface area contributed by atoms with Crippen molar-refractivity contribution >= 4 is 45.2 Å². The van der Waals surface area contributed by atoms with Crippen molar-refractivity contribution in [2.45, 2.75) is 13.0 Å². The van der Waals surface area contributed by atoms with Crippen molar-refractivity contribution in [3.63, 3.8) is 0 Å². The van der Waals surface area contributed by atoms with E-state index in [1.165, 1.54) is 22.4 Å². The van der Waals surface area contributed by atoms with Crippen LogP contribution in [-0.4, -0.2) is 72.8 Å². The molecule has 9 rings (SSSR count). The van der Waals surface area contributed by atoms with Crippen LogP contribution in [0.4, 0.5) is 21.7 Å². The molecule has 0 bridgehead atoms. The number of aromatic nitrogens is 6. The molecule has 0 radical (unpaired) electrons. The number of nitrogens with zero attached hydrogens (tertiary/aromatic N) is 7. The van der Waals surface area contributed by atoms with Gasteiger partial charge in [0, 0.05) is 86.7 Å². The number of aryl methyl sites for hydroxylation is 1. The van der Waals surface area contributed by atoms with Crippen LogP contribution in [0.1, 0.15) is 21.5 Å². The summed E-state index contributed by atoms with van der Waals surface area (Å²) < 4.78 is 17.5. The Hall–Kier alpha value is -6.34. The number of rotatable bonds is 7. The number of amides is 1. The number of pyridine rings is 1. The van der Waals surface area contributed by atoms with Crippen LogP contribution < -0.4 is 21.1 Å². The number of halogens is 1. The van der Waals surface area contributed by atoms with Gasteiger partial charge in [-0.05, 0) is 71.6 Å². The van der Waals surface area contributed by atoms with Crippen molar-refractivity contribution in [3.05, 3.63) is 124 Å². The normalized spacial score (nSPS) is 14.9. The van der Waals surface area contributed by atoms with E-state index in [-0.39, 0.29) is 11.5 Å². The minimum Gasteiger partial charge on any atom is -0.369 e. The third kappa shape index (κ3) is 5.64. The lowest BCUT2D eigenvalue weighted by Gasteiger charge is -2.36. The van der Waals surface area contributed by atoms with E-state index < -0.39 is 5.82 Å². The lowest BCUT2D eigenvalue weighted by Crippen LogP contribution is -2.45. The molecule has 260 valence electrons. The summed E-state index contributed by atoms with van der Waals surface area (Å²) in [5, 5.41) is 7.40. The van der Waals surface area contributed by atoms with Crippen LogP contribution in [0.5, 0.6) is 0 Å². The zero-order chi connectivity index (χ0) is 35.3. The Labute approximate surface area is 297 Å². The van der Waals surface area contributed by atoms with Crippen molar-refractivity contribution in [1.82, 2.24) is 39.5 Å². The zero-order valence-electron chi connectivity index (χ0n) is 28.4. The fraction of sp³-hybridized carbons (Fsp3) is 0.205. The van der Waals surface area contributed by atoms with E-state index in [0.29, 0.717) is 46.8 Å². The van der Waals surface area contributed by atoms with Crippen molar-refractivity contribution in [1.29, 1.82) is 0 Å². The first-order valence-electron chi connectivity index (χ1n) is 17.3. The van der Waals surface area contributed by atoms with E-state index in [4.69, 9.17) is 0 Å². The van der Waals surface area contributed by atoms with Gasteiger partial charge in [0.05, 0.1) is 5.56 Å². The topological polar surface area (TPSA) is 129 Å². The molecule has 0 spiro atoms. The summed E-state index contributed by atoms with van der Waals surface area (Å²) in [5.74, 6) is 0.267. The maximum atomic E-state index is 14.3. The minimum atomic E-state index is -0.423. The molecular weight excluding hydrogens is 659 g/mol. The molecule has 1 saturated heterocycles. The minimum absolute atomic E-state index is 0.220. The molecule has 3 aromatic carbocycles. The fourth-order valence-corrected chi connectivity index (χ4v) is 7.43. The number of carbonyl (C=O) groups excluding carboxylic acids is 1. The summed E-state index contributed by atoms with van der Waals surface area (Å²) >= 11 is 0. The summed E-state index contributed by atoms with van der Waals surface area (Å²) in [6.45, 7) is 5.07. The standard InChI is InChI=1S/C39H35FN10O2/c1-47-36-31(38(52)50(47)33-4-2-3-14-41-33)22-43-39(46-36)44-27-9-11-28(12-10-27)49-18-16-48(17-19-49)23-24-5-7-25(8-6-24)35-29-13-15-42-37(51)30-20-26(40)21-32(45-35)34(29)30/h2-12,14,20-22,45H,13,15-19,23H2,1H3,(H,42,51)(H,43,44,46). The van der Waals surface area contributed by atoms with Crippen LogP contribution >= 0.6 is 0 Å². The Morgan fingerprint density at radius 1 is 0.923 bits per heavy atom. The maximum Gasteiger partial charge on any atom is 0.283 e. The van der Waals surface area contributed by atoms with Gasteiger partial charge in [-0.3, -0.25) is 19.2 Å². The smallest absolute Gasteiger partial charge is 0.283 e. The van der Waals surface area contributed by atoms with Gasteiger partial charge in [-0.15, -0.1) is 0 Å². The highest BCUT2D eigenvalue weighted by Crippen LogP contribution is 2.35. The Bertz CT molecular complexity index is 2520. The van der Waals surface area contributed by atoms with E-state index in [2.05, 4.69) is 76.8 Å². The van der Waals surface area contributed by atoms with Gasteiger partial charge in [-0.1, -0.05) is 30.3 Å². The predicted octanol–water partition coefficient (Wildman–Crippen LogP) is 5.15. The molecule has 2 aliphatic heterocycles. The highest BCUT2D eigenvalue weighted by molar-refractivity contribution is 6.10. The third-order valence-electron chi connectivity index (χ3n) is 10.0. The molecule has 1 amide bonds. The third-order valence-corrected chi connectivity index (χ3v) is 10.0. The number of H-pyrrole nitrogens is 1. The maximum absolute atomic E-state index is 14.3. The van der Waals surface area contributed by atoms with Crippen LogP contribution in [0.25, 0.3) is 39.0 Å². The highest BCUT2D eigenvalue weighted by atomic mass is 19.1. The number of benzene rings is 3. The fourth-order valence-electron chi connectivity index (χ4n) is 7.43. The van der Waals surface area contributed by atoms with Crippen molar-refractivity contribution in [2.24, 2.45) is 7.05 Å². The van der Waals surface area contributed by atoms with Gasteiger partial charge in [0.25, 0.3) is 11.5 Å². The first kappa shape index (κ1) is 31.6. The number of hydrogen-bond donors (Lipinski definition) is 3. The SMILES string of the molecule is Cn1c2nc(Nc3ccc(N4CCN(Cc5ccc(-c6[nH]c7cc(F)cc8c7c6CCNC8=O)cc5)CC4)cc3)ncc2c(=O)n1-c1ccccn1. The lowest BCUT2D eigenvalue weighted by atomic mass is 9.99. The quantitative estimate of drug-likeness (QED) is 0.209. The van der Waals surface area contributed by atoms with Gasteiger partial charge < -0.3 is 20.5 Å². The number of anilines is 3.